The molecule has 1 heterocycles. The molecule has 120 valence electrons. The monoisotopic (exact) mass is 382 g/mol. The van der Waals surface area contributed by atoms with Crippen molar-refractivity contribution in [2.45, 2.75) is 25.1 Å². The fourth-order valence-electron chi connectivity index (χ4n) is 2.15. The smallest absolute Gasteiger partial charge is 0.373 e. The number of ether oxygens (including phenoxy) is 1. The molecule has 2 rings (SSSR count). The minimum Gasteiger partial charge on any atom is -0.373 e. The van der Waals surface area contributed by atoms with E-state index in [2.05, 4.69) is 15.9 Å². The lowest BCUT2D eigenvalue weighted by atomic mass is 10.0. The van der Waals surface area contributed by atoms with Gasteiger partial charge in [-0.2, -0.15) is 13.2 Å². The van der Waals surface area contributed by atoms with E-state index in [4.69, 9.17) is 4.74 Å². The van der Waals surface area contributed by atoms with Crippen LogP contribution in [0.25, 0.3) is 0 Å². The Morgan fingerprint density at radius 3 is 2.64 bits per heavy atom. The van der Waals surface area contributed by atoms with E-state index >= 15 is 0 Å². The molecule has 1 atom stereocenters. The molecule has 1 aromatic carbocycles. The molecular weight excluding hydrogens is 373 g/mol. The van der Waals surface area contributed by atoms with Crippen LogP contribution in [0.1, 0.15) is 24.5 Å². The van der Waals surface area contributed by atoms with E-state index in [1.807, 2.05) is 0 Å². The predicted molar refractivity (Wildman–Crippen MR) is 73.4 cm³/mol. The summed E-state index contributed by atoms with van der Waals surface area (Å²) >= 11 is 3.07. The second-order valence-corrected chi connectivity index (χ2v) is 5.52. The van der Waals surface area contributed by atoms with Gasteiger partial charge in [-0.15, -0.1) is 0 Å². The van der Waals surface area contributed by atoms with E-state index in [0.717, 1.165) is 6.07 Å². The molecule has 1 aliphatic heterocycles. The van der Waals surface area contributed by atoms with Crippen LogP contribution in [0.3, 0.4) is 0 Å². The fourth-order valence-corrected chi connectivity index (χ4v) is 2.62. The maximum Gasteiger partial charge on any atom is 0.471 e. The molecule has 1 saturated heterocycles. The molecule has 1 N–H and O–H groups in total. The number of carbonyl (C=O) groups excluding carboxylic acids is 1. The van der Waals surface area contributed by atoms with Crippen molar-refractivity contribution < 1.29 is 27.6 Å². The number of amides is 1. The number of anilines is 1. The highest BCUT2D eigenvalue weighted by molar-refractivity contribution is 9.10. The minimum absolute atomic E-state index is 0.149. The van der Waals surface area contributed by atoms with Crippen molar-refractivity contribution in [3.8, 4) is 0 Å². The van der Waals surface area contributed by atoms with Crippen LogP contribution in [0, 0.1) is 10.1 Å². The lowest BCUT2D eigenvalue weighted by Crippen LogP contribution is -2.30. The number of nitrogens with one attached hydrogen (secondary N) is 1. The Kier molecular flexibility index (Phi) is 4.71. The van der Waals surface area contributed by atoms with Gasteiger partial charge in [-0.3, -0.25) is 14.9 Å². The van der Waals surface area contributed by atoms with E-state index in [1.165, 1.54) is 6.07 Å². The summed E-state index contributed by atoms with van der Waals surface area (Å²) in [7, 11) is 0. The number of benzene rings is 1. The van der Waals surface area contributed by atoms with Crippen molar-refractivity contribution >= 4 is 33.2 Å². The third-order valence-corrected chi connectivity index (χ3v) is 3.54. The predicted octanol–water partition coefficient (Wildman–Crippen LogP) is 3.71. The number of hydrogen-bond acceptors (Lipinski definition) is 4. The SMILES string of the molecule is O=C(Nc1c([C@@H]2CCCO2)cc(Br)cc1[N+](=O)[O-])C(F)(F)F. The number of hydrogen-bond donors (Lipinski definition) is 1. The number of alkyl halides is 3. The van der Waals surface area contributed by atoms with E-state index < -0.39 is 34.5 Å². The van der Waals surface area contributed by atoms with Gasteiger partial charge in [-0.05, 0) is 18.9 Å². The quantitative estimate of drug-likeness (QED) is 0.638. The number of nitro benzene ring substituents is 1. The van der Waals surface area contributed by atoms with Crippen LogP contribution in [0.2, 0.25) is 0 Å². The van der Waals surface area contributed by atoms with Gasteiger partial charge < -0.3 is 10.1 Å². The Labute approximate surface area is 130 Å². The Balaban J connectivity index is 2.51. The second kappa shape index (κ2) is 6.21. The van der Waals surface area contributed by atoms with Crippen molar-refractivity contribution in [2.75, 3.05) is 11.9 Å². The molecule has 0 radical (unpaired) electrons. The zero-order valence-electron chi connectivity index (χ0n) is 10.9. The van der Waals surface area contributed by atoms with Crippen LogP contribution in [0.15, 0.2) is 16.6 Å². The average molecular weight is 383 g/mol. The van der Waals surface area contributed by atoms with Crippen LogP contribution < -0.4 is 5.32 Å². The van der Waals surface area contributed by atoms with Crippen molar-refractivity contribution in [3.63, 3.8) is 0 Å². The zero-order valence-corrected chi connectivity index (χ0v) is 12.5. The lowest BCUT2D eigenvalue weighted by molar-refractivity contribution is -0.384. The fraction of sp³-hybridized carbons (Fsp3) is 0.417. The van der Waals surface area contributed by atoms with Gasteiger partial charge in [0.1, 0.15) is 5.69 Å². The van der Waals surface area contributed by atoms with E-state index in [9.17, 15) is 28.1 Å². The van der Waals surface area contributed by atoms with E-state index in [0.29, 0.717) is 23.9 Å². The highest BCUT2D eigenvalue weighted by Gasteiger charge is 2.41. The van der Waals surface area contributed by atoms with Crippen LogP contribution in [0.5, 0.6) is 0 Å². The van der Waals surface area contributed by atoms with Gasteiger partial charge in [0, 0.05) is 22.7 Å². The molecule has 0 unspecified atom stereocenters. The first-order chi connectivity index (χ1) is 10.2. The summed E-state index contributed by atoms with van der Waals surface area (Å²) in [5.41, 5.74) is -0.962. The summed E-state index contributed by atoms with van der Waals surface area (Å²) in [5.74, 6) is -2.27. The Hall–Kier alpha value is -1.68. The molecule has 1 fully saturated rings. The minimum atomic E-state index is -5.14. The summed E-state index contributed by atoms with van der Waals surface area (Å²) in [6.07, 6.45) is -4.56. The molecule has 1 amide bonds. The van der Waals surface area contributed by atoms with Crippen molar-refractivity contribution in [1.82, 2.24) is 0 Å². The molecule has 0 spiro atoms. The third-order valence-electron chi connectivity index (χ3n) is 3.08. The molecule has 1 aliphatic rings. The standard InChI is InChI=1S/C12H10BrF3N2O4/c13-6-4-7(9-2-1-3-22-9)10(8(5-6)18(20)21)17-11(19)12(14,15)16/h4-5,9H,1-3H2,(H,17,19)/t9-/m0/s1. The number of rotatable bonds is 3. The molecule has 0 bridgehead atoms. The summed E-state index contributed by atoms with van der Waals surface area (Å²) in [4.78, 5) is 21.4. The van der Waals surface area contributed by atoms with Gasteiger partial charge in [0.25, 0.3) is 5.69 Å². The van der Waals surface area contributed by atoms with Crippen LogP contribution in [0.4, 0.5) is 24.5 Å². The van der Waals surface area contributed by atoms with Crippen molar-refractivity contribution in [3.05, 3.63) is 32.3 Å². The normalized spacial score (nSPS) is 18.3. The van der Waals surface area contributed by atoms with E-state index in [-0.39, 0.29) is 5.56 Å². The molecule has 0 aliphatic carbocycles. The maximum absolute atomic E-state index is 12.4. The van der Waals surface area contributed by atoms with Crippen molar-refractivity contribution in [1.29, 1.82) is 0 Å². The van der Waals surface area contributed by atoms with Crippen LogP contribution in [-0.2, 0) is 9.53 Å². The number of halogens is 4. The molecule has 1 aromatic rings. The topological polar surface area (TPSA) is 81.5 Å². The van der Waals surface area contributed by atoms with Gasteiger partial charge in [0.15, 0.2) is 0 Å². The Bertz CT molecular complexity index is 615. The summed E-state index contributed by atoms with van der Waals surface area (Å²) in [5, 5.41) is 12.7. The van der Waals surface area contributed by atoms with Crippen molar-refractivity contribution in [2.24, 2.45) is 0 Å². The van der Waals surface area contributed by atoms with Gasteiger partial charge in [-0.25, -0.2) is 0 Å². The Morgan fingerprint density at radius 1 is 1.45 bits per heavy atom. The molecule has 6 nitrogen and oxygen atoms in total. The van der Waals surface area contributed by atoms with Gasteiger partial charge >= 0.3 is 12.1 Å². The molecule has 10 heteroatoms. The van der Waals surface area contributed by atoms with Gasteiger partial charge in [-0.1, -0.05) is 15.9 Å². The zero-order chi connectivity index (χ0) is 16.5. The first-order valence-electron chi connectivity index (χ1n) is 6.17. The summed E-state index contributed by atoms with van der Waals surface area (Å²) < 4.78 is 43.0. The third kappa shape index (κ3) is 3.55. The number of nitrogens with zero attached hydrogens (tertiary/aromatic N) is 1. The van der Waals surface area contributed by atoms with E-state index in [1.54, 1.807) is 5.32 Å². The summed E-state index contributed by atoms with van der Waals surface area (Å²) in [6, 6.07) is 2.44. The average Bonchev–Trinajstić information content (AvgIpc) is 2.92. The molecule has 22 heavy (non-hydrogen) atoms. The molecular formula is C12H10BrF3N2O4. The first-order valence-corrected chi connectivity index (χ1v) is 6.97. The Morgan fingerprint density at radius 2 is 2.14 bits per heavy atom. The summed E-state index contributed by atoms with van der Waals surface area (Å²) in [6.45, 7) is 0.400. The number of nitro groups is 1. The largest absolute Gasteiger partial charge is 0.471 e. The molecule has 0 saturated carbocycles. The highest BCUT2D eigenvalue weighted by Crippen LogP contribution is 2.41. The second-order valence-electron chi connectivity index (χ2n) is 4.60. The van der Waals surface area contributed by atoms with Crippen LogP contribution >= 0.6 is 15.9 Å². The van der Waals surface area contributed by atoms with Gasteiger partial charge in [0.2, 0.25) is 0 Å². The number of carbonyl (C=O) groups is 1. The molecule has 0 aromatic heterocycles. The highest BCUT2D eigenvalue weighted by atomic mass is 79.9. The lowest BCUT2D eigenvalue weighted by Gasteiger charge is -2.17. The van der Waals surface area contributed by atoms with Crippen LogP contribution in [-0.4, -0.2) is 23.6 Å². The van der Waals surface area contributed by atoms with Gasteiger partial charge in [0.05, 0.1) is 11.0 Å². The maximum atomic E-state index is 12.4. The first kappa shape index (κ1) is 16.7.